The van der Waals surface area contributed by atoms with Crippen molar-refractivity contribution < 1.29 is 14.9 Å². The van der Waals surface area contributed by atoms with Crippen LogP contribution in [0.5, 0.6) is 5.75 Å². The van der Waals surface area contributed by atoms with Crippen molar-refractivity contribution >= 4 is 0 Å². The van der Waals surface area contributed by atoms with Crippen molar-refractivity contribution in [3.8, 4) is 5.75 Å². The molecule has 0 spiro atoms. The molecule has 2 atom stereocenters. The quantitative estimate of drug-likeness (QED) is 0.828. The van der Waals surface area contributed by atoms with E-state index in [4.69, 9.17) is 4.74 Å². The van der Waals surface area contributed by atoms with E-state index in [1.54, 1.807) is 26.0 Å². The Morgan fingerprint density at radius 2 is 1.71 bits per heavy atom. The van der Waals surface area contributed by atoms with E-state index in [0.717, 1.165) is 5.56 Å². The molecule has 1 unspecified atom stereocenters. The van der Waals surface area contributed by atoms with Crippen LogP contribution < -0.4 is 4.74 Å². The lowest BCUT2D eigenvalue weighted by Crippen LogP contribution is -2.37. The Morgan fingerprint density at radius 1 is 1.18 bits per heavy atom. The van der Waals surface area contributed by atoms with Gasteiger partial charge in [0.2, 0.25) is 0 Å². The molecule has 0 radical (unpaired) electrons. The number of ether oxygens (including phenoxy) is 1. The van der Waals surface area contributed by atoms with Gasteiger partial charge >= 0.3 is 0 Å². The molecule has 0 aliphatic carbocycles. The fraction of sp³-hybridized carbons (Fsp3) is 0.571. The van der Waals surface area contributed by atoms with Crippen LogP contribution in [0, 0.1) is 5.92 Å². The summed E-state index contributed by atoms with van der Waals surface area (Å²) < 4.78 is 5.54. The molecule has 0 amide bonds. The predicted octanol–water partition coefficient (Wildman–Crippen LogP) is 2.53. The van der Waals surface area contributed by atoms with Crippen molar-refractivity contribution in [2.75, 3.05) is 6.61 Å². The molecule has 17 heavy (non-hydrogen) atoms. The van der Waals surface area contributed by atoms with E-state index in [1.165, 1.54) is 0 Å². The lowest BCUT2D eigenvalue weighted by molar-refractivity contribution is -0.0266. The highest BCUT2D eigenvalue weighted by Crippen LogP contribution is 2.21. The molecule has 1 aromatic rings. The maximum absolute atomic E-state index is 10.0. The maximum Gasteiger partial charge on any atom is 0.119 e. The fourth-order valence-electron chi connectivity index (χ4n) is 1.24. The summed E-state index contributed by atoms with van der Waals surface area (Å²) in [6, 6.07) is 7.26. The lowest BCUT2D eigenvalue weighted by atomic mass is 9.94. The van der Waals surface area contributed by atoms with Gasteiger partial charge < -0.3 is 14.9 Å². The van der Waals surface area contributed by atoms with Crippen molar-refractivity contribution in [1.29, 1.82) is 0 Å². The van der Waals surface area contributed by atoms with E-state index in [1.807, 2.05) is 26.0 Å². The minimum atomic E-state index is -0.830. The number of aliphatic hydroxyl groups excluding tert-OH is 1. The largest absolute Gasteiger partial charge is 0.491 e. The van der Waals surface area contributed by atoms with Gasteiger partial charge in [-0.05, 0) is 37.5 Å². The van der Waals surface area contributed by atoms with Crippen molar-refractivity contribution in [3.63, 3.8) is 0 Å². The van der Waals surface area contributed by atoms with Crippen LogP contribution >= 0.6 is 0 Å². The summed E-state index contributed by atoms with van der Waals surface area (Å²) in [6.45, 7) is 7.67. The maximum atomic E-state index is 10.0. The molecule has 2 N–H and O–H groups in total. The molecule has 0 aromatic heterocycles. The van der Waals surface area contributed by atoms with Crippen molar-refractivity contribution in [1.82, 2.24) is 0 Å². The topological polar surface area (TPSA) is 49.7 Å². The zero-order valence-corrected chi connectivity index (χ0v) is 11.0. The van der Waals surface area contributed by atoms with E-state index in [-0.39, 0.29) is 12.5 Å². The number of rotatable bonds is 5. The van der Waals surface area contributed by atoms with Crippen LogP contribution in [-0.2, 0) is 0 Å². The Kier molecular flexibility index (Phi) is 4.54. The highest BCUT2D eigenvalue weighted by molar-refractivity contribution is 5.28. The zero-order chi connectivity index (χ0) is 13.1. The molecular formula is C14H22O3. The second kappa shape index (κ2) is 5.52. The second-order valence-electron chi connectivity index (χ2n) is 5.05. The van der Waals surface area contributed by atoms with Gasteiger partial charge in [0.05, 0.1) is 11.7 Å². The Labute approximate surface area is 103 Å². The molecule has 1 aromatic carbocycles. The molecule has 0 saturated carbocycles. The molecule has 3 heteroatoms. The molecule has 0 bridgehead atoms. The molecule has 0 saturated heterocycles. The van der Waals surface area contributed by atoms with Gasteiger partial charge in [-0.1, -0.05) is 26.0 Å². The van der Waals surface area contributed by atoms with Gasteiger partial charge in [-0.25, -0.2) is 0 Å². The monoisotopic (exact) mass is 238 g/mol. The minimum absolute atomic E-state index is 0.138. The first-order valence-electron chi connectivity index (χ1n) is 5.96. The number of hydrogen-bond acceptors (Lipinski definition) is 3. The average Bonchev–Trinajstić information content (AvgIpc) is 2.27. The highest BCUT2D eigenvalue weighted by atomic mass is 16.5. The van der Waals surface area contributed by atoms with Crippen LogP contribution in [0.3, 0.4) is 0 Å². The third-order valence-electron chi connectivity index (χ3n) is 3.14. The normalized spacial score (nSPS) is 16.6. The van der Waals surface area contributed by atoms with Gasteiger partial charge in [-0.15, -0.1) is 0 Å². The molecule has 0 aliphatic rings. The molecule has 0 heterocycles. The lowest BCUT2D eigenvalue weighted by Gasteiger charge is -2.27. The van der Waals surface area contributed by atoms with E-state index in [0.29, 0.717) is 5.75 Å². The van der Waals surface area contributed by atoms with Gasteiger partial charge in [0.15, 0.2) is 0 Å². The molecular weight excluding hydrogens is 216 g/mol. The van der Waals surface area contributed by atoms with Crippen LogP contribution in [0.2, 0.25) is 0 Å². The summed E-state index contributed by atoms with van der Waals surface area (Å²) in [7, 11) is 0. The van der Waals surface area contributed by atoms with Crippen molar-refractivity contribution in [2.24, 2.45) is 5.92 Å². The zero-order valence-electron chi connectivity index (χ0n) is 11.0. The highest BCUT2D eigenvalue weighted by Gasteiger charge is 2.25. The molecule has 96 valence electrons. The summed E-state index contributed by atoms with van der Waals surface area (Å²) in [5.74, 6) is 0.842. The number of aliphatic hydroxyl groups is 2. The Morgan fingerprint density at radius 3 is 2.12 bits per heavy atom. The average molecular weight is 238 g/mol. The molecule has 0 aliphatic heterocycles. The SMILES string of the molecule is CC(C)C(C)(O)COc1ccc([C@@H](C)O)cc1. The molecule has 3 nitrogen and oxygen atoms in total. The standard InChI is InChI=1S/C14H22O3/c1-10(2)14(4,16)9-17-13-7-5-12(6-8-13)11(3)15/h5-8,10-11,15-16H,9H2,1-4H3/t11-,14?/m1/s1. The third kappa shape index (κ3) is 4.02. The first-order chi connectivity index (χ1) is 7.83. The van der Waals surface area contributed by atoms with E-state index < -0.39 is 11.7 Å². The Balaban J connectivity index is 2.59. The summed E-state index contributed by atoms with van der Waals surface area (Å²) in [5, 5.41) is 19.4. The van der Waals surface area contributed by atoms with Gasteiger partial charge in [0, 0.05) is 0 Å². The van der Waals surface area contributed by atoms with Gasteiger partial charge in [0.1, 0.15) is 12.4 Å². The van der Waals surface area contributed by atoms with Crippen molar-refractivity contribution in [2.45, 2.75) is 39.4 Å². The van der Waals surface area contributed by atoms with Crippen LogP contribution in [-0.4, -0.2) is 22.4 Å². The van der Waals surface area contributed by atoms with E-state index >= 15 is 0 Å². The van der Waals surface area contributed by atoms with Gasteiger partial charge in [0.25, 0.3) is 0 Å². The Hall–Kier alpha value is -1.06. The fourth-order valence-corrected chi connectivity index (χ4v) is 1.24. The first-order valence-corrected chi connectivity index (χ1v) is 5.96. The van der Waals surface area contributed by atoms with Crippen LogP contribution in [0.25, 0.3) is 0 Å². The Bertz CT molecular complexity index is 339. The minimum Gasteiger partial charge on any atom is -0.491 e. The smallest absolute Gasteiger partial charge is 0.119 e. The van der Waals surface area contributed by atoms with Crippen LogP contribution in [0.15, 0.2) is 24.3 Å². The van der Waals surface area contributed by atoms with E-state index in [2.05, 4.69) is 0 Å². The first kappa shape index (κ1) is 14.0. The van der Waals surface area contributed by atoms with E-state index in [9.17, 15) is 10.2 Å². The van der Waals surface area contributed by atoms with Gasteiger partial charge in [-0.3, -0.25) is 0 Å². The molecule has 0 fully saturated rings. The number of benzene rings is 1. The summed E-state index contributed by atoms with van der Waals surface area (Å²) >= 11 is 0. The third-order valence-corrected chi connectivity index (χ3v) is 3.14. The summed E-state index contributed by atoms with van der Waals surface area (Å²) in [5.41, 5.74) is 0.0242. The number of hydrogen-bond donors (Lipinski definition) is 2. The van der Waals surface area contributed by atoms with Gasteiger partial charge in [-0.2, -0.15) is 0 Å². The van der Waals surface area contributed by atoms with Crippen LogP contribution in [0.1, 0.15) is 39.4 Å². The second-order valence-corrected chi connectivity index (χ2v) is 5.05. The predicted molar refractivity (Wildman–Crippen MR) is 68.0 cm³/mol. The summed E-state index contributed by atoms with van der Waals surface area (Å²) in [4.78, 5) is 0. The van der Waals surface area contributed by atoms with Crippen LogP contribution in [0.4, 0.5) is 0 Å². The van der Waals surface area contributed by atoms with Crippen molar-refractivity contribution in [3.05, 3.63) is 29.8 Å². The summed E-state index contributed by atoms with van der Waals surface area (Å²) in [6.07, 6.45) is -0.470. The molecule has 1 rings (SSSR count).